The predicted octanol–water partition coefficient (Wildman–Crippen LogP) is 4.03. The molecule has 0 saturated carbocycles. The van der Waals surface area contributed by atoms with Crippen LogP contribution in [0.1, 0.15) is 22.8 Å². The number of carbonyl (C=O) groups is 1. The maximum absolute atomic E-state index is 12.5. The van der Waals surface area contributed by atoms with Crippen molar-refractivity contribution in [2.24, 2.45) is 0 Å². The van der Waals surface area contributed by atoms with Crippen molar-refractivity contribution in [1.29, 1.82) is 0 Å². The number of ketones is 1. The van der Waals surface area contributed by atoms with E-state index in [0.29, 0.717) is 28.4 Å². The molecule has 1 aliphatic rings. The van der Waals surface area contributed by atoms with E-state index in [1.807, 2.05) is 25.1 Å². The molecule has 0 aromatic heterocycles. The first-order valence-corrected chi connectivity index (χ1v) is 11.0. The molecule has 0 unspecified atom stereocenters. The summed E-state index contributed by atoms with van der Waals surface area (Å²) in [4.78, 5) is 13.4. The molecule has 1 atom stereocenters. The Morgan fingerprint density at radius 1 is 1.24 bits per heavy atom. The summed E-state index contributed by atoms with van der Waals surface area (Å²) < 4.78 is 25.3. The van der Waals surface area contributed by atoms with Crippen LogP contribution in [0.3, 0.4) is 0 Å². The van der Waals surface area contributed by atoms with Gasteiger partial charge in [-0.3, -0.25) is 9.10 Å². The van der Waals surface area contributed by atoms with E-state index in [1.54, 1.807) is 24.3 Å². The SMILES string of the molecule is C[C@@H]1Cc2cc(C(=O)CSc3ccc(Cl)cc3)ccc2N1S(C)(=O)=O. The van der Waals surface area contributed by atoms with E-state index >= 15 is 0 Å². The Morgan fingerprint density at radius 2 is 1.92 bits per heavy atom. The van der Waals surface area contributed by atoms with Gasteiger partial charge in [0, 0.05) is 21.5 Å². The van der Waals surface area contributed by atoms with Crippen molar-refractivity contribution < 1.29 is 13.2 Å². The van der Waals surface area contributed by atoms with Gasteiger partial charge in [0.05, 0.1) is 17.7 Å². The van der Waals surface area contributed by atoms with Gasteiger partial charge in [-0.05, 0) is 61.4 Å². The van der Waals surface area contributed by atoms with Gasteiger partial charge in [-0.1, -0.05) is 11.6 Å². The second kappa shape index (κ2) is 7.02. The Bertz CT molecular complexity index is 910. The minimum Gasteiger partial charge on any atom is -0.293 e. The minimum absolute atomic E-state index is 0.0215. The van der Waals surface area contributed by atoms with Crippen molar-refractivity contribution in [3.8, 4) is 0 Å². The zero-order valence-corrected chi connectivity index (χ0v) is 16.3. The molecular formula is C18H18ClNO3S2. The number of carbonyl (C=O) groups excluding carboxylic acids is 1. The third-order valence-electron chi connectivity index (χ3n) is 4.10. The summed E-state index contributed by atoms with van der Waals surface area (Å²) in [5.41, 5.74) is 2.19. The van der Waals surface area contributed by atoms with Crippen molar-refractivity contribution in [3.05, 3.63) is 58.6 Å². The summed E-state index contributed by atoms with van der Waals surface area (Å²) in [6.07, 6.45) is 1.83. The number of halogens is 1. The van der Waals surface area contributed by atoms with E-state index in [2.05, 4.69) is 0 Å². The van der Waals surface area contributed by atoms with Gasteiger partial charge in [-0.25, -0.2) is 8.42 Å². The molecule has 1 heterocycles. The molecule has 2 aromatic carbocycles. The Hall–Kier alpha value is -1.50. The summed E-state index contributed by atoms with van der Waals surface area (Å²) in [6, 6.07) is 12.5. The molecule has 3 rings (SSSR count). The minimum atomic E-state index is -3.31. The van der Waals surface area contributed by atoms with Gasteiger partial charge >= 0.3 is 0 Å². The maximum atomic E-state index is 12.5. The molecule has 0 bridgehead atoms. The molecule has 0 saturated heterocycles. The number of Topliss-reactive ketones (excluding diaryl/α,β-unsaturated/α-hetero) is 1. The fourth-order valence-electron chi connectivity index (χ4n) is 3.04. The lowest BCUT2D eigenvalue weighted by atomic mass is 10.0. The molecule has 132 valence electrons. The number of anilines is 1. The summed E-state index contributed by atoms with van der Waals surface area (Å²) in [7, 11) is -3.31. The van der Waals surface area contributed by atoms with Crippen molar-refractivity contribution in [3.63, 3.8) is 0 Å². The third-order valence-corrected chi connectivity index (χ3v) is 6.63. The quantitative estimate of drug-likeness (QED) is 0.566. The van der Waals surface area contributed by atoms with Crippen LogP contribution in [0.5, 0.6) is 0 Å². The standard InChI is InChI=1S/C18H18ClNO3S2/c1-12-9-14-10-13(3-8-17(14)20(12)25(2,22)23)18(21)11-24-16-6-4-15(19)5-7-16/h3-8,10,12H,9,11H2,1-2H3/t12-/m1/s1. The lowest BCUT2D eigenvalue weighted by molar-refractivity contribution is 0.102. The number of benzene rings is 2. The van der Waals surface area contributed by atoms with Gasteiger partial charge in [-0.2, -0.15) is 0 Å². The molecule has 1 aliphatic heterocycles. The van der Waals surface area contributed by atoms with E-state index in [4.69, 9.17) is 11.6 Å². The van der Waals surface area contributed by atoms with E-state index < -0.39 is 10.0 Å². The van der Waals surface area contributed by atoms with Crippen LogP contribution in [0.4, 0.5) is 5.69 Å². The van der Waals surface area contributed by atoms with Gasteiger partial charge in [0.1, 0.15) is 0 Å². The number of hydrogen-bond donors (Lipinski definition) is 0. The van der Waals surface area contributed by atoms with Crippen LogP contribution in [-0.4, -0.2) is 32.3 Å². The first-order chi connectivity index (χ1) is 11.8. The summed E-state index contributed by atoms with van der Waals surface area (Å²) in [5.74, 6) is 0.347. The van der Waals surface area contributed by atoms with E-state index in [1.165, 1.54) is 22.3 Å². The monoisotopic (exact) mass is 395 g/mol. The molecule has 25 heavy (non-hydrogen) atoms. The fourth-order valence-corrected chi connectivity index (χ4v) is 5.23. The Labute approximate surface area is 157 Å². The highest BCUT2D eigenvalue weighted by atomic mass is 35.5. The largest absolute Gasteiger partial charge is 0.293 e. The average molecular weight is 396 g/mol. The summed E-state index contributed by atoms with van der Waals surface area (Å²) >= 11 is 7.31. The highest BCUT2D eigenvalue weighted by Gasteiger charge is 2.32. The van der Waals surface area contributed by atoms with E-state index in [9.17, 15) is 13.2 Å². The fraction of sp³-hybridized carbons (Fsp3) is 0.278. The number of fused-ring (bicyclic) bond motifs is 1. The van der Waals surface area contributed by atoms with Gasteiger partial charge < -0.3 is 0 Å². The average Bonchev–Trinajstić information content (AvgIpc) is 2.88. The van der Waals surface area contributed by atoms with Gasteiger partial charge in [0.25, 0.3) is 0 Å². The molecule has 0 spiro atoms. The van der Waals surface area contributed by atoms with Crippen LogP contribution in [0.2, 0.25) is 5.02 Å². The molecule has 2 aromatic rings. The molecule has 0 fully saturated rings. The third kappa shape index (κ3) is 4.02. The molecule has 0 N–H and O–H groups in total. The van der Waals surface area contributed by atoms with Gasteiger partial charge in [-0.15, -0.1) is 11.8 Å². The highest BCUT2D eigenvalue weighted by Crippen LogP contribution is 2.35. The topological polar surface area (TPSA) is 54.5 Å². The van der Waals surface area contributed by atoms with E-state index in [-0.39, 0.29) is 11.8 Å². The summed E-state index contributed by atoms with van der Waals surface area (Å²) in [5, 5.41) is 0.666. The molecule has 0 radical (unpaired) electrons. The second-order valence-electron chi connectivity index (χ2n) is 6.12. The van der Waals surface area contributed by atoms with Crippen molar-refractivity contribution in [1.82, 2.24) is 0 Å². The van der Waals surface area contributed by atoms with Crippen LogP contribution in [0.25, 0.3) is 0 Å². The van der Waals surface area contributed by atoms with Crippen molar-refractivity contribution in [2.75, 3.05) is 16.3 Å². The van der Waals surface area contributed by atoms with Gasteiger partial charge in [0.15, 0.2) is 5.78 Å². The molecule has 7 heteroatoms. The van der Waals surface area contributed by atoms with Crippen LogP contribution in [0, 0.1) is 0 Å². The Kier molecular flexibility index (Phi) is 5.14. The Morgan fingerprint density at radius 3 is 2.56 bits per heavy atom. The lowest BCUT2D eigenvalue weighted by Crippen LogP contribution is -2.34. The van der Waals surface area contributed by atoms with Crippen LogP contribution >= 0.6 is 23.4 Å². The molecule has 0 amide bonds. The first-order valence-electron chi connectivity index (χ1n) is 7.79. The molecule has 0 aliphatic carbocycles. The first kappa shape index (κ1) is 18.3. The summed E-state index contributed by atoms with van der Waals surface area (Å²) in [6.45, 7) is 1.87. The smallest absolute Gasteiger partial charge is 0.232 e. The second-order valence-corrected chi connectivity index (χ2v) is 9.47. The number of hydrogen-bond acceptors (Lipinski definition) is 4. The Balaban J connectivity index is 1.75. The number of sulfonamides is 1. The van der Waals surface area contributed by atoms with Crippen LogP contribution in [0.15, 0.2) is 47.4 Å². The number of rotatable bonds is 5. The maximum Gasteiger partial charge on any atom is 0.232 e. The molecular weight excluding hydrogens is 378 g/mol. The molecule has 4 nitrogen and oxygen atoms in total. The predicted molar refractivity (Wildman–Crippen MR) is 103 cm³/mol. The normalized spacial score (nSPS) is 16.8. The van der Waals surface area contributed by atoms with Crippen LogP contribution < -0.4 is 4.31 Å². The van der Waals surface area contributed by atoms with Gasteiger partial charge in [0.2, 0.25) is 10.0 Å². The van der Waals surface area contributed by atoms with Crippen molar-refractivity contribution >= 4 is 44.9 Å². The van der Waals surface area contributed by atoms with Crippen molar-refractivity contribution in [2.45, 2.75) is 24.3 Å². The number of nitrogens with zero attached hydrogens (tertiary/aromatic N) is 1. The zero-order chi connectivity index (χ0) is 18.2. The lowest BCUT2D eigenvalue weighted by Gasteiger charge is -2.21. The van der Waals surface area contributed by atoms with Crippen LogP contribution in [-0.2, 0) is 16.4 Å². The zero-order valence-electron chi connectivity index (χ0n) is 13.9. The highest BCUT2D eigenvalue weighted by molar-refractivity contribution is 8.00. The number of thioether (sulfide) groups is 1. The van der Waals surface area contributed by atoms with E-state index in [0.717, 1.165) is 10.5 Å².